The molecule has 0 spiro atoms. The van der Waals surface area contributed by atoms with Gasteiger partial charge in [-0.1, -0.05) is 0 Å². The van der Waals surface area contributed by atoms with Crippen LogP contribution in [0.3, 0.4) is 0 Å². The van der Waals surface area contributed by atoms with Crippen molar-refractivity contribution in [3.8, 4) is 0 Å². The number of likely N-dealkylation sites (N-methyl/N-ethyl adjacent to an activating group) is 1. The molecule has 0 radical (unpaired) electrons. The SMILES string of the molecule is CNC(=O)CNC(=O)C1[C@H]2CNC[C@@H]12.Cl. The molecule has 3 atom stereocenters. The summed E-state index contributed by atoms with van der Waals surface area (Å²) in [6.07, 6.45) is 0. The van der Waals surface area contributed by atoms with E-state index in [4.69, 9.17) is 0 Å². The molecule has 2 fully saturated rings. The summed E-state index contributed by atoms with van der Waals surface area (Å²) < 4.78 is 0. The molecular weight excluding hydrogens is 218 g/mol. The van der Waals surface area contributed by atoms with Crippen molar-refractivity contribution in [2.45, 2.75) is 0 Å². The number of hydrogen-bond donors (Lipinski definition) is 3. The topological polar surface area (TPSA) is 70.2 Å². The highest BCUT2D eigenvalue weighted by atomic mass is 35.5. The van der Waals surface area contributed by atoms with Gasteiger partial charge in [0.1, 0.15) is 0 Å². The van der Waals surface area contributed by atoms with E-state index in [2.05, 4.69) is 16.0 Å². The van der Waals surface area contributed by atoms with E-state index in [1.165, 1.54) is 0 Å². The van der Waals surface area contributed by atoms with Gasteiger partial charge in [-0.15, -0.1) is 12.4 Å². The molecule has 3 N–H and O–H groups in total. The predicted octanol–water partition coefficient (Wildman–Crippen LogP) is -1.26. The smallest absolute Gasteiger partial charge is 0.239 e. The van der Waals surface area contributed by atoms with E-state index in [1.807, 2.05) is 0 Å². The Balaban J connectivity index is 0.00000112. The third-order valence-electron chi connectivity index (χ3n) is 3.10. The molecular formula is C9H16ClN3O2. The first-order valence-corrected chi connectivity index (χ1v) is 4.93. The number of carbonyl (C=O) groups excluding carboxylic acids is 2. The maximum Gasteiger partial charge on any atom is 0.239 e. The number of nitrogens with one attached hydrogen (secondary N) is 3. The molecule has 86 valence electrons. The van der Waals surface area contributed by atoms with Crippen molar-refractivity contribution in [3.05, 3.63) is 0 Å². The molecule has 1 saturated heterocycles. The third-order valence-corrected chi connectivity index (χ3v) is 3.10. The average molecular weight is 234 g/mol. The van der Waals surface area contributed by atoms with E-state index in [-0.39, 0.29) is 36.7 Å². The van der Waals surface area contributed by atoms with Crippen LogP contribution in [0.2, 0.25) is 0 Å². The van der Waals surface area contributed by atoms with Crippen molar-refractivity contribution in [1.82, 2.24) is 16.0 Å². The van der Waals surface area contributed by atoms with E-state index in [0.29, 0.717) is 11.8 Å². The molecule has 1 unspecified atom stereocenters. The Morgan fingerprint density at radius 1 is 1.33 bits per heavy atom. The predicted molar refractivity (Wildman–Crippen MR) is 57.7 cm³/mol. The summed E-state index contributed by atoms with van der Waals surface area (Å²) >= 11 is 0. The molecule has 0 aromatic rings. The maximum absolute atomic E-state index is 11.5. The fourth-order valence-electron chi connectivity index (χ4n) is 2.18. The quantitative estimate of drug-likeness (QED) is 0.570. The second-order valence-electron chi connectivity index (χ2n) is 3.90. The molecule has 1 heterocycles. The van der Waals surface area contributed by atoms with Gasteiger partial charge in [-0.05, 0) is 24.9 Å². The van der Waals surface area contributed by atoms with Gasteiger partial charge in [0.25, 0.3) is 0 Å². The molecule has 2 aliphatic rings. The fraction of sp³-hybridized carbons (Fsp3) is 0.778. The average Bonchev–Trinajstić information content (AvgIpc) is 2.68. The molecule has 2 amide bonds. The highest BCUT2D eigenvalue weighted by Gasteiger charge is 2.56. The minimum atomic E-state index is -0.151. The normalized spacial score (nSPS) is 31.1. The van der Waals surface area contributed by atoms with Gasteiger partial charge in [0.15, 0.2) is 0 Å². The van der Waals surface area contributed by atoms with Crippen molar-refractivity contribution in [3.63, 3.8) is 0 Å². The van der Waals surface area contributed by atoms with E-state index in [0.717, 1.165) is 13.1 Å². The summed E-state index contributed by atoms with van der Waals surface area (Å²) in [6, 6.07) is 0. The van der Waals surface area contributed by atoms with Gasteiger partial charge in [0.05, 0.1) is 6.54 Å². The zero-order valence-electron chi connectivity index (χ0n) is 8.58. The van der Waals surface area contributed by atoms with Crippen molar-refractivity contribution in [2.24, 2.45) is 17.8 Å². The van der Waals surface area contributed by atoms with Crippen molar-refractivity contribution >= 4 is 24.2 Å². The van der Waals surface area contributed by atoms with Gasteiger partial charge in [-0.2, -0.15) is 0 Å². The van der Waals surface area contributed by atoms with Crippen molar-refractivity contribution < 1.29 is 9.59 Å². The minimum absolute atomic E-state index is 0. The Labute approximate surface area is 94.8 Å². The Bertz CT molecular complexity index is 262. The Hall–Kier alpha value is -0.810. The molecule has 15 heavy (non-hydrogen) atoms. The Morgan fingerprint density at radius 2 is 1.93 bits per heavy atom. The summed E-state index contributed by atoms with van der Waals surface area (Å²) in [4.78, 5) is 22.4. The Morgan fingerprint density at radius 3 is 2.47 bits per heavy atom. The summed E-state index contributed by atoms with van der Waals surface area (Å²) in [6.45, 7) is 1.99. The van der Waals surface area contributed by atoms with Crippen LogP contribution in [-0.4, -0.2) is 38.5 Å². The van der Waals surface area contributed by atoms with Gasteiger partial charge in [-0.25, -0.2) is 0 Å². The zero-order valence-corrected chi connectivity index (χ0v) is 9.39. The lowest BCUT2D eigenvalue weighted by molar-refractivity contribution is -0.127. The van der Waals surface area contributed by atoms with Crippen LogP contribution in [0.15, 0.2) is 0 Å². The molecule has 0 aromatic carbocycles. The second-order valence-corrected chi connectivity index (χ2v) is 3.90. The molecule has 1 aliphatic heterocycles. The molecule has 1 aliphatic carbocycles. The summed E-state index contributed by atoms with van der Waals surface area (Å²) in [5.41, 5.74) is 0. The summed E-state index contributed by atoms with van der Waals surface area (Å²) in [7, 11) is 1.56. The van der Waals surface area contributed by atoms with Crippen LogP contribution in [0, 0.1) is 17.8 Å². The van der Waals surface area contributed by atoms with E-state index < -0.39 is 0 Å². The molecule has 5 nitrogen and oxygen atoms in total. The third kappa shape index (κ3) is 2.41. The van der Waals surface area contributed by atoms with Crippen LogP contribution < -0.4 is 16.0 Å². The van der Waals surface area contributed by atoms with Crippen LogP contribution in [0.1, 0.15) is 0 Å². The van der Waals surface area contributed by atoms with E-state index in [1.54, 1.807) is 7.05 Å². The maximum atomic E-state index is 11.5. The number of hydrogen-bond acceptors (Lipinski definition) is 3. The Kier molecular flexibility index (Phi) is 3.93. The first-order chi connectivity index (χ1) is 6.74. The lowest BCUT2D eigenvalue weighted by Gasteiger charge is -2.05. The molecule has 6 heteroatoms. The van der Waals surface area contributed by atoms with Crippen LogP contribution in [0.4, 0.5) is 0 Å². The van der Waals surface area contributed by atoms with Crippen molar-refractivity contribution in [1.29, 1.82) is 0 Å². The number of amides is 2. The first kappa shape index (κ1) is 12.3. The second kappa shape index (κ2) is 4.81. The lowest BCUT2D eigenvalue weighted by Crippen LogP contribution is -2.37. The summed E-state index contributed by atoms with van der Waals surface area (Å²) in [5.74, 6) is 1.06. The highest BCUT2D eigenvalue weighted by molar-refractivity contribution is 5.87. The number of rotatable bonds is 3. The van der Waals surface area contributed by atoms with Gasteiger partial charge >= 0.3 is 0 Å². The number of fused-ring (bicyclic) bond motifs is 1. The van der Waals surface area contributed by atoms with Crippen LogP contribution in [0.25, 0.3) is 0 Å². The zero-order chi connectivity index (χ0) is 10.1. The molecule has 1 saturated carbocycles. The van der Waals surface area contributed by atoms with Gasteiger partial charge in [0.2, 0.25) is 11.8 Å². The molecule has 2 rings (SSSR count). The van der Waals surface area contributed by atoms with Gasteiger partial charge in [0, 0.05) is 13.0 Å². The number of halogens is 1. The summed E-state index contributed by atoms with van der Waals surface area (Å²) in [5, 5.41) is 8.33. The highest BCUT2D eigenvalue weighted by Crippen LogP contribution is 2.48. The molecule has 0 aromatic heterocycles. The van der Waals surface area contributed by atoms with Gasteiger partial charge in [-0.3, -0.25) is 9.59 Å². The number of piperidine rings is 1. The first-order valence-electron chi connectivity index (χ1n) is 4.93. The number of carbonyl (C=O) groups is 2. The van der Waals surface area contributed by atoms with Gasteiger partial charge < -0.3 is 16.0 Å². The molecule has 0 bridgehead atoms. The lowest BCUT2D eigenvalue weighted by atomic mass is 10.2. The van der Waals surface area contributed by atoms with Crippen LogP contribution in [0.5, 0.6) is 0 Å². The standard InChI is InChI=1S/C9H15N3O2.ClH/c1-10-7(13)4-12-9(14)8-5-2-11-3-6(5)8;/h5-6,8,11H,2-4H2,1H3,(H,10,13)(H,12,14);1H/t5-,6+,8?;. The minimum Gasteiger partial charge on any atom is -0.358 e. The van der Waals surface area contributed by atoms with Crippen LogP contribution >= 0.6 is 12.4 Å². The van der Waals surface area contributed by atoms with Crippen molar-refractivity contribution in [2.75, 3.05) is 26.7 Å². The van der Waals surface area contributed by atoms with E-state index >= 15 is 0 Å². The monoisotopic (exact) mass is 233 g/mol. The largest absolute Gasteiger partial charge is 0.358 e. The van der Waals surface area contributed by atoms with Crippen LogP contribution in [-0.2, 0) is 9.59 Å². The van der Waals surface area contributed by atoms with E-state index in [9.17, 15) is 9.59 Å². The fourth-order valence-corrected chi connectivity index (χ4v) is 2.18.